The molecule has 1 aromatic carbocycles. The number of benzene rings is 1. The number of aromatic nitrogens is 3. The summed E-state index contributed by atoms with van der Waals surface area (Å²) in [5.74, 6) is -0.843. The number of phenolic OH excluding ortho intramolecular Hbond substituents is 1. The summed E-state index contributed by atoms with van der Waals surface area (Å²) in [7, 11) is 0. The van der Waals surface area contributed by atoms with Crippen molar-refractivity contribution in [3.63, 3.8) is 0 Å². The highest BCUT2D eigenvalue weighted by atomic mass is 16.6. The number of hydrogen-bond donors (Lipinski definition) is 2. The number of amides is 1. The topological polar surface area (TPSA) is 123 Å². The number of nitrogens with one attached hydrogen (secondary N) is 1. The molecule has 0 spiro atoms. The average molecular weight is 327 g/mol. The largest absolute Gasteiger partial charge is 0.506 e. The predicted molar refractivity (Wildman–Crippen MR) is 85.2 cm³/mol. The molecule has 0 bridgehead atoms. The molecule has 2 heterocycles. The third-order valence-corrected chi connectivity index (χ3v) is 3.46. The van der Waals surface area contributed by atoms with Crippen LogP contribution >= 0.6 is 0 Å². The number of aryl methyl sites for hydroxylation is 2. The van der Waals surface area contributed by atoms with Crippen LogP contribution in [0.3, 0.4) is 0 Å². The van der Waals surface area contributed by atoms with E-state index in [9.17, 15) is 20.0 Å². The van der Waals surface area contributed by atoms with Gasteiger partial charge in [-0.2, -0.15) is 5.10 Å². The van der Waals surface area contributed by atoms with E-state index in [0.29, 0.717) is 5.65 Å². The van der Waals surface area contributed by atoms with Crippen LogP contribution in [0.25, 0.3) is 5.65 Å². The number of aromatic hydroxyl groups is 1. The second kappa shape index (κ2) is 5.61. The van der Waals surface area contributed by atoms with Gasteiger partial charge in [-0.05, 0) is 26.0 Å². The third kappa shape index (κ3) is 2.62. The van der Waals surface area contributed by atoms with E-state index >= 15 is 0 Å². The van der Waals surface area contributed by atoms with Crippen LogP contribution in [0.15, 0.2) is 30.5 Å². The fourth-order valence-electron chi connectivity index (χ4n) is 2.36. The van der Waals surface area contributed by atoms with Crippen LogP contribution in [0.2, 0.25) is 0 Å². The number of non-ortho nitro benzene ring substituents is 1. The summed E-state index contributed by atoms with van der Waals surface area (Å²) in [6, 6.07) is 5.21. The maximum atomic E-state index is 12.5. The summed E-state index contributed by atoms with van der Waals surface area (Å²) < 4.78 is 1.52. The van der Waals surface area contributed by atoms with Gasteiger partial charge in [0.1, 0.15) is 11.3 Å². The van der Waals surface area contributed by atoms with Gasteiger partial charge in [0.25, 0.3) is 11.6 Å². The first-order valence-corrected chi connectivity index (χ1v) is 6.97. The molecule has 0 aliphatic carbocycles. The summed E-state index contributed by atoms with van der Waals surface area (Å²) in [5, 5.41) is 27.2. The zero-order valence-electron chi connectivity index (χ0n) is 12.8. The SMILES string of the molecule is Cc1cc(C)n2ncc(C(=O)Nc3cc([N+](=O)[O-])ccc3O)c2n1. The number of phenols is 1. The standard InChI is InChI=1S/C15H13N5O4/c1-8-5-9(2)19-14(17-8)11(7-16-19)15(22)18-12-6-10(20(23)24)3-4-13(12)21/h3-7,21H,1-2H3,(H,18,22). The number of nitro benzene ring substituents is 1. The van der Waals surface area contributed by atoms with Crippen LogP contribution in [0.5, 0.6) is 5.75 Å². The van der Waals surface area contributed by atoms with E-state index in [4.69, 9.17) is 0 Å². The molecule has 0 radical (unpaired) electrons. The molecule has 0 fully saturated rings. The summed E-state index contributed by atoms with van der Waals surface area (Å²) in [5.41, 5.74) is 1.82. The van der Waals surface area contributed by atoms with Crippen molar-refractivity contribution >= 4 is 22.9 Å². The van der Waals surface area contributed by atoms with E-state index in [1.807, 2.05) is 13.0 Å². The van der Waals surface area contributed by atoms with E-state index in [0.717, 1.165) is 29.6 Å². The van der Waals surface area contributed by atoms with Gasteiger partial charge in [0.15, 0.2) is 5.65 Å². The smallest absolute Gasteiger partial charge is 0.271 e. The molecule has 9 heteroatoms. The van der Waals surface area contributed by atoms with Crippen molar-refractivity contribution < 1.29 is 14.8 Å². The quantitative estimate of drug-likeness (QED) is 0.432. The van der Waals surface area contributed by atoms with Crippen LogP contribution in [0, 0.1) is 24.0 Å². The molecule has 122 valence electrons. The fraction of sp³-hybridized carbons (Fsp3) is 0.133. The van der Waals surface area contributed by atoms with Crippen molar-refractivity contribution in [1.82, 2.24) is 14.6 Å². The molecule has 0 unspecified atom stereocenters. The van der Waals surface area contributed by atoms with Crippen LogP contribution < -0.4 is 5.32 Å². The first-order valence-electron chi connectivity index (χ1n) is 6.97. The van der Waals surface area contributed by atoms with Gasteiger partial charge in [0, 0.05) is 23.5 Å². The molecule has 0 aliphatic rings. The van der Waals surface area contributed by atoms with Gasteiger partial charge < -0.3 is 10.4 Å². The Balaban J connectivity index is 1.99. The van der Waals surface area contributed by atoms with Crippen molar-refractivity contribution in [2.45, 2.75) is 13.8 Å². The first kappa shape index (κ1) is 15.4. The number of carbonyl (C=O) groups is 1. The molecule has 0 atom stereocenters. The number of nitrogens with zero attached hydrogens (tertiary/aromatic N) is 4. The lowest BCUT2D eigenvalue weighted by molar-refractivity contribution is -0.384. The zero-order chi connectivity index (χ0) is 17.4. The first-order chi connectivity index (χ1) is 11.4. The van der Waals surface area contributed by atoms with Crippen LogP contribution in [-0.2, 0) is 0 Å². The molecular weight excluding hydrogens is 314 g/mol. The number of anilines is 1. The molecule has 2 N–H and O–H groups in total. The van der Waals surface area contributed by atoms with E-state index in [2.05, 4.69) is 15.4 Å². The highest BCUT2D eigenvalue weighted by Crippen LogP contribution is 2.28. The van der Waals surface area contributed by atoms with Gasteiger partial charge in [-0.3, -0.25) is 14.9 Å². The van der Waals surface area contributed by atoms with Crippen molar-refractivity contribution in [2.24, 2.45) is 0 Å². The van der Waals surface area contributed by atoms with Gasteiger partial charge in [-0.15, -0.1) is 0 Å². The Morgan fingerprint density at radius 1 is 1.33 bits per heavy atom. The second-order valence-corrected chi connectivity index (χ2v) is 5.25. The summed E-state index contributed by atoms with van der Waals surface area (Å²) in [6.07, 6.45) is 1.36. The normalized spacial score (nSPS) is 10.8. The van der Waals surface area contributed by atoms with E-state index in [1.165, 1.54) is 10.7 Å². The monoisotopic (exact) mass is 327 g/mol. The van der Waals surface area contributed by atoms with Crippen molar-refractivity contribution in [3.8, 4) is 5.75 Å². The lowest BCUT2D eigenvalue weighted by Gasteiger charge is -2.07. The molecule has 24 heavy (non-hydrogen) atoms. The Bertz CT molecular complexity index is 979. The third-order valence-electron chi connectivity index (χ3n) is 3.46. The molecule has 9 nitrogen and oxygen atoms in total. The van der Waals surface area contributed by atoms with Crippen molar-refractivity contribution in [3.05, 3.63) is 57.5 Å². The molecular formula is C15H13N5O4. The minimum Gasteiger partial charge on any atom is -0.506 e. The summed E-state index contributed by atoms with van der Waals surface area (Å²) >= 11 is 0. The Hall–Kier alpha value is -3.49. The molecule has 3 rings (SSSR count). The van der Waals surface area contributed by atoms with Crippen LogP contribution in [0.4, 0.5) is 11.4 Å². The van der Waals surface area contributed by atoms with Crippen LogP contribution in [0.1, 0.15) is 21.7 Å². The molecule has 0 saturated heterocycles. The molecule has 1 amide bonds. The number of hydrogen-bond acceptors (Lipinski definition) is 6. The lowest BCUT2D eigenvalue weighted by atomic mass is 10.2. The highest BCUT2D eigenvalue weighted by Gasteiger charge is 2.18. The maximum Gasteiger partial charge on any atom is 0.271 e. The van der Waals surface area contributed by atoms with Gasteiger partial charge in [0.2, 0.25) is 0 Å². The van der Waals surface area contributed by atoms with Gasteiger partial charge in [-0.25, -0.2) is 9.50 Å². The van der Waals surface area contributed by atoms with Crippen LogP contribution in [-0.4, -0.2) is 30.5 Å². The number of rotatable bonds is 3. The van der Waals surface area contributed by atoms with E-state index in [1.54, 1.807) is 6.92 Å². The van der Waals surface area contributed by atoms with Crippen molar-refractivity contribution in [1.29, 1.82) is 0 Å². The average Bonchev–Trinajstić information content (AvgIpc) is 2.93. The molecule has 3 aromatic rings. The second-order valence-electron chi connectivity index (χ2n) is 5.25. The van der Waals surface area contributed by atoms with E-state index < -0.39 is 10.8 Å². The molecule has 0 aliphatic heterocycles. The lowest BCUT2D eigenvalue weighted by Crippen LogP contribution is -2.12. The van der Waals surface area contributed by atoms with Gasteiger partial charge in [-0.1, -0.05) is 0 Å². The number of fused-ring (bicyclic) bond motifs is 1. The fourth-order valence-corrected chi connectivity index (χ4v) is 2.36. The Labute approximate surface area is 135 Å². The molecule has 2 aromatic heterocycles. The van der Waals surface area contributed by atoms with Gasteiger partial charge in [0.05, 0.1) is 16.8 Å². The maximum absolute atomic E-state index is 12.5. The Kier molecular flexibility index (Phi) is 3.60. The Morgan fingerprint density at radius 3 is 2.79 bits per heavy atom. The van der Waals surface area contributed by atoms with Crippen molar-refractivity contribution in [2.75, 3.05) is 5.32 Å². The number of nitro groups is 1. The highest BCUT2D eigenvalue weighted by molar-refractivity contribution is 6.08. The zero-order valence-corrected chi connectivity index (χ0v) is 12.8. The number of carbonyl (C=O) groups excluding carboxylic acids is 1. The van der Waals surface area contributed by atoms with E-state index in [-0.39, 0.29) is 22.7 Å². The minimum absolute atomic E-state index is 0.0575. The minimum atomic E-state index is -0.612. The summed E-state index contributed by atoms with van der Waals surface area (Å²) in [4.78, 5) is 27.0. The summed E-state index contributed by atoms with van der Waals surface area (Å²) in [6.45, 7) is 3.64. The van der Waals surface area contributed by atoms with Gasteiger partial charge >= 0.3 is 0 Å². The Morgan fingerprint density at radius 2 is 2.08 bits per heavy atom. The predicted octanol–water partition coefficient (Wildman–Crippen LogP) is 2.21. The molecule has 0 saturated carbocycles.